The maximum Gasteiger partial charge on any atom is 0.207 e. The summed E-state index contributed by atoms with van der Waals surface area (Å²) >= 11 is 3.18. The van der Waals surface area contributed by atoms with Crippen molar-refractivity contribution in [1.82, 2.24) is 19.3 Å². The highest BCUT2D eigenvalue weighted by Crippen LogP contribution is 2.29. The third-order valence-electron chi connectivity index (χ3n) is 3.31. The van der Waals surface area contributed by atoms with Crippen LogP contribution in [0.5, 0.6) is 0 Å². The van der Waals surface area contributed by atoms with Crippen LogP contribution in [0.4, 0.5) is 10.3 Å². The van der Waals surface area contributed by atoms with Crippen LogP contribution in [0.1, 0.15) is 11.3 Å². The van der Waals surface area contributed by atoms with Gasteiger partial charge < -0.3 is 5.73 Å². The number of nitrogens with two attached hydrogens (primary N) is 1. The van der Waals surface area contributed by atoms with Gasteiger partial charge >= 0.3 is 0 Å². The zero-order valence-electron chi connectivity index (χ0n) is 11.3. The largest absolute Gasteiger partial charge is 0.369 e. The topological polar surface area (TPSA) is 61.7 Å². The Morgan fingerprint density at radius 3 is 2.70 bits per heavy atom. The van der Waals surface area contributed by atoms with Crippen LogP contribution in [0.25, 0.3) is 16.9 Å². The fourth-order valence-corrected chi connectivity index (χ4v) is 2.86. The number of hydrogen-bond acceptors (Lipinski definition) is 3. The zero-order valence-corrected chi connectivity index (χ0v) is 12.9. The molecule has 5 nitrogen and oxygen atoms in total. The monoisotopic (exact) mass is 337 g/mol. The Morgan fingerprint density at radius 2 is 2.00 bits per heavy atom. The van der Waals surface area contributed by atoms with Crippen molar-refractivity contribution in [2.45, 2.75) is 13.8 Å². The molecule has 0 radical (unpaired) electrons. The second kappa shape index (κ2) is 4.31. The first-order chi connectivity index (χ1) is 9.40. The Labute approximate surface area is 123 Å². The van der Waals surface area contributed by atoms with Gasteiger partial charge in [-0.15, -0.1) is 0 Å². The number of nitrogen functional groups attached to an aromatic ring is 1. The van der Waals surface area contributed by atoms with Crippen molar-refractivity contribution in [2.24, 2.45) is 7.05 Å². The van der Waals surface area contributed by atoms with E-state index in [1.807, 2.05) is 20.9 Å². The van der Waals surface area contributed by atoms with E-state index in [0.29, 0.717) is 16.1 Å². The minimum Gasteiger partial charge on any atom is -0.369 e. The third kappa shape index (κ3) is 1.73. The zero-order chi connectivity index (χ0) is 14.6. The second-order valence-corrected chi connectivity index (χ2v) is 5.59. The fourth-order valence-electron chi connectivity index (χ4n) is 2.40. The molecule has 7 heteroatoms. The normalized spacial score (nSPS) is 11.4. The highest BCUT2D eigenvalue weighted by atomic mass is 79.9. The Bertz CT molecular complexity index is 833. The number of fused-ring (bicyclic) bond motifs is 1. The van der Waals surface area contributed by atoms with Crippen molar-refractivity contribution in [3.63, 3.8) is 0 Å². The predicted molar refractivity (Wildman–Crippen MR) is 79.4 cm³/mol. The summed E-state index contributed by atoms with van der Waals surface area (Å²) in [6, 6.07) is 3.17. The molecule has 0 fully saturated rings. The smallest absolute Gasteiger partial charge is 0.207 e. The first-order valence-corrected chi connectivity index (χ1v) is 6.83. The maximum atomic E-state index is 13.8. The standard InChI is InChI=1S/C13H13BrFN5/c1-6-4-8(14)9(15)5-10(6)20-12-11(17-13(20)16)7(2)18-19(12)3/h4-5H,1-3H3,(H2,16,17). The lowest BCUT2D eigenvalue weighted by Gasteiger charge is -2.11. The molecule has 0 spiro atoms. The van der Waals surface area contributed by atoms with Gasteiger partial charge in [0, 0.05) is 7.05 Å². The van der Waals surface area contributed by atoms with Gasteiger partial charge in [0.2, 0.25) is 5.95 Å². The van der Waals surface area contributed by atoms with Crippen LogP contribution < -0.4 is 5.73 Å². The summed E-state index contributed by atoms with van der Waals surface area (Å²) in [6.45, 7) is 3.77. The van der Waals surface area contributed by atoms with E-state index in [9.17, 15) is 4.39 Å². The highest BCUT2D eigenvalue weighted by Gasteiger charge is 2.19. The molecular weight excluding hydrogens is 325 g/mol. The van der Waals surface area contributed by atoms with Gasteiger partial charge in [-0.1, -0.05) is 0 Å². The van der Waals surface area contributed by atoms with Gasteiger partial charge in [0.1, 0.15) is 11.3 Å². The number of nitrogens with zero attached hydrogens (tertiary/aromatic N) is 4. The summed E-state index contributed by atoms with van der Waals surface area (Å²) < 4.78 is 17.7. The molecule has 0 unspecified atom stereocenters. The molecule has 2 N–H and O–H groups in total. The quantitative estimate of drug-likeness (QED) is 0.742. The fraction of sp³-hybridized carbons (Fsp3) is 0.231. The molecule has 0 amide bonds. The molecule has 2 heterocycles. The number of halogens is 2. The molecule has 104 valence electrons. The molecule has 0 bridgehead atoms. The van der Waals surface area contributed by atoms with Gasteiger partial charge in [0.05, 0.1) is 15.9 Å². The van der Waals surface area contributed by atoms with E-state index in [-0.39, 0.29) is 5.82 Å². The summed E-state index contributed by atoms with van der Waals surface area (Å²) in [5.41, 5.74) is 9.83. The van der Waals surface area contributed by atoms with E-state index in [1.54, 1.807) is 15.3 Å². The highest BCUT2D eigenvalue weighted by molar-refractivity contribution is 9.10. The number of hydrogen-bond donors (Lipinski definition) is 1. The summed E-state index contributed by atoms with van der Waals surface area (Å²) in [5, 5.41) is 4.32. The minimum atomic E-state index is -0.342. The van der Waals surface area contributed by atoms with Gasteiger partial charge in [-0.3, -0.25) is 4.57 Å². The average Bonchev–Trinajstić information content (AvgIpc) is 2.83. The van der Waals surface area contributed by atoms with Crippen LogP contribution in [0.3, 0.4) is 0 Å². The van der Waals surface area contributed by atoms with Gasteiger partial charge in [0.15, 0.2) is 5.65 Å². The predicted octanol–water partition coefficient (Wildman–Crippen LogP) is 2.86. The van der Waals surface area contributed by atoms with E-state index >= 15 is 0 Å². The second-order valence-electron chi connectivity index (χ2n) is 4.74. The SMILES string of the molecule is Cc1cc(Br)c(F)cc1-n1c(N)nc2c(C)nn(C)c21. The number of aromatic nitrogens is 4. The first-order valence-electron chi connectivity index (χ1n) is 6.03. The van der Waals surface area contributed by atoms with Crippen LogP contribution in [0.15, 0.2) is 16.6 Å². The van der Waals surface area contributed by atoms with E-state index in [2.05, 4.69) is 26.0 Å². The molecule has 0 saturated heterocycles. The van der Waals surface area contributed by atoms with Crippen molar-refractivity contribution in [3.8, 4) is 5.69 Å². The first kappa shape index (κ1) is 13.1. The summed E-state index contributed by atoms with van der Waals surface area (Å²) in [7, 11) is 1.82. The Balaban J connectivity index is 2.40. The summed E-state index contributed by atoms with van der Waals surface area (Å²) in [5.74, 6) is -0.0216. The van der Waals surface area contributed by atoms with Gasteiger partial charge in [-0.25, -0.2) is 14.1 Å². The molecule has 20 heavy (non-hydrogen) atoms. The van der Waals surface area contributed by atoms with Crippen molar-refractivity contribution in [2.75, 3.05) is 5.73 Å². The minimum absolute atomic E-state index is 0.320. The Hall–Kier alpha value is -1.89. The molecule has 1 aromatic carbocycles. The third-order valence-corrected chi connectivity index (χ3v) is 3.92. The van der Waals surface area contributed by atoms with Gasteiger partial charge in [-0.05, 0) is 47.5 Å². The lowest BCUT2D eigenvalue weighted by molar-refractivity contribution is 0.619. The molecule has 3 rings (SSSR count). The van der Waals surface area contributed by atoms with Crippen LogP contribution in [0, 0.1) is 19.7 Å². The van der Waals surface area contributed by atoms with Crippen LogP contribution >= 0.6 is 15.9 Å². The summed E-state index contributed by atoms with van der Waals surface area (Å²) in [4.78, 5) is 4.33. The average molecular weight is 338 g/mol. The number of rotatable bonds is 1. The Kier molecular flexibility index (Phi) is 2.82. The number of aryl methyl sites for hydroxylation is 3. The van der Waals surface area contributed by atoms with Crippen molar-refractivity contribution in [1.29, 1.82) is 0 Å². The van der Waals surface area contributed by atoms with Crippen molar-refractivity contribution >= 4 is 33.0 Å². The van der Waals surface area contributed by atoms with Crippen LogP contribution in [0.2, 0.25) is 0 Å². The van der Waals surface area contributed by atoms with Crippen LogP contribution in [-0.2, 0) is 7.05 Å². The molecule has 2 aromatic heterocycles. The Morgan fingerprint density at radius 1 is 1.30 bits per heavy atom. The molecule has 0 aliphatic heterocycles. The van der Waals surface area contributed by atoms with Crippen LogP contribution in [-0.4, -0.2) is 19.3 Å². The number of benzene rings is 1. The van der Waals surface area contributed by atoms with E-state index in [4.69, 9.17) is 5.73 Å². The van der Waals surface area contributed by atoms with Crippen molar-refractivity contribution < 1.29 is 4.39 Å². The van der Waals surface area contributed by atoms with E-state index in [1.165, 1.54) is 6.07 Å². The number of imidazole rings is 1. The van der Waals surface area contributed by atoms with Gasteiger partial charge in [-0.2, -0.15) is 5.10 Å². The number of anilines is 1. The molecule has 0 atom stereocenters. The van der Waals surface area contributed by atoms with Crippen molar-refractivity contribution in [3.05, 3.63) is 33.7 Å². The maximum absolute atomic E-state index is 13.8. The van der Waals surface area contributed by atoms with Gasteiger partial charge in [0.25, 0.3) is 0 Å². The molecule has 0 aliphatic carbocycles. The lowest BCUT2D eigenvalue weighted by Crippen LogP contribution is -2.07. The van der Waals surface area contributed by atoms with E-state index in [0.717, 1.165) is 22.4 Å². The molecule has 0 aliphatic rings. The summed E-state index contributed by atoms with van der Waals surface area (Å²) in [6.07, 6.45) is 0. The lowest BCUT2D eigenvalue weighted by atomic mass is 10.2. The van der Waals surface area contributed by atoms with E-state index < -0.39 is 0 Å². The molecular formula is C13H13BrFN5. The molecule has 3 aromatic rings. The molecule has 0 saturated carbocycles.